The first-order chi connectivity index (χ1) is 7.99. The fraction of sp³-hybridized carbons (Fsp3) is 0. The fourth-order valence-electron chi connectivity index (χ4n) is 1.31. The lowest BCUT2D eigenvalue weighted by atomic mass is 10.1. The SMILES string of the molecule is O=C(O)c1ccc(-c2cc(F)c(F)c(F)c2)o1. The average Bonchev–Trinajstić information content (AvgIpc) is 2.74. The Bertz CT molecular complexity index is 566. The predicted octanol–water partition coefficient (Wildman–Crippen LogP) is 3.06. The van der Waals surface area contributed by atoms with Gasteiger partial charge in [0, 0.05) is 5.56 Å². The number of hydrogen-bond acceptors (Lipinski definition) is 2. The standard InChI is InChI=1S/C11H5F3O3/c12-6-3-5(4-7(13)10(6)14)8-1-2-9(17-8)11(15)16/h1-4H,(H,15,16). The minimum absolute atomic E-state index is 0.0554. The van der Waals surface area contributed by atoms with Crippen LogP contribution in [-0.4, -0.2) is 11.1 Å². The molecule has 0 aliphatic heterocycles. The minimum Gasteiger partial charge on any atom is -0.475 e. The van der Waals surface area contributed by atoms with Gasteiger partial charge in [-0.05, 0) is 24.3 Å². The van der Waals surface area contributed by atoms with Gasteiger partial charge in [0.15, 0.2) is 17.5 Å². The topological polar surface area (TPSA) is 50.4 Å². The summed E-state index contributed by atoms with van der Waals surface area (Å²) in [6, 6.07) is 3.82. The molecular formula is C11H5F3O3. The number of furan rings is 1. The van der Waals surface area contributed by atoms with Crippen molar-refractivity contribution < 1.29 is 27.5 Å². The highest BCUT2D eigenvalue weighted by atomic mass is 19.2. The summed E-state index contributed by atoms with van der Waals surface area (Å²) in [5, 5.41) is 8.60. The van der Waals surface area contributed by atoms with Crippen molar-refractivity contribution in [3.05, 3.63) is 47.5 Å². The molecule has 88 valence electrons. The monoisotopic (exact) mass is 242 g/mol. The van der Waals surface area contributed by atoms with Gasteiger partial charge in [0.25, 0.3) is 0 Å². The highest BCUT2D eigenvalue weighted by molar-refractivity contribution is 5.85. The van der Waals surface area contributed by atoms with Crippen molar-refractivity contribution in [2.24, 2.45) is 0 Å². The van der Waals surface area contributed by atoms with Gasteiger partial charge in [-0.3, -0.25) is 0 Å². The molecule has 0 amide bonds. The van der Waals surface area contributed by atoms with Gasteiger partial charge in [-0.1, -0.05) is 0 Å². The Labute approximate surface area is 93.1 Å². The van der Waals surface area contributed by atoms with E-state index in [9.17, 15) is 18.0 Å². The van der Waals surface area contributed by atoms with Crippen LogP contribution in [0.2, 0.25) is 0 Å². The smallest absolute Gasteiger partial charge is 0.371 e. The summed E-state index contributed by atoms with van der Waals surface area (Å²) in [6.45, 7) is 0. The van der Waals surface area contributed by atoms with Crippen molar-refractivity contribution in [1.29, 1.82) is 0 Å². The van der Waals surface area contributed by atoms with Crippen molar-refractivity contribution in [3.8, 4) is 11.3 Å². The Morgan fingerprint density at radius 2 is 1.71 bits per heavy atom. The van der Waals surface area contributed by atoms with Crippen LogP contribution in [0.1, 0.15) is 10.6 Å². The molecule has 0 spiro atoms. The zero-order valence-electron chi connectivity index (χ0n) is 8.21. The first-order valence-corrected chi connectivity index (χ1v) is 4.47. The molecular weight excluding hydrogens is 237 g/mol. The zero-order chi connectivity index (χ0) is 12.6. The van der Waals surface area contributed by atoms with Crippen LogP contribution in [0, 0.1) is 17.5 Å². The number of carbonyl (C=O) groups is 1. The third-order valence-corrected chi connectivity index (χ3v) is 2.09. The van der Waals surface area contributed by atoms with Gasteiger partial charge >= 0.3 is 5.97 Å². The molecule has 0 radical (unpaired) electrons. The largest absolute Gasteiger partial charge is 0.475 e. The highest BCUT2D eigenvalue weighted by Gasteiger charge is 2.15. The minimum atomic E-state index is -1.58. The van der Waals surface area contributed by atoms with Gasteiger partial charge in [-0.2, -0.15) is 0 Å². The fourth-order valence-corrected chi connectivity index (χ4v) is 1.31. The molecule has 2 rings (SSSR count). The molecule has 0 unspecified atom stereocenters. The number of aromatic carboxylic acids is 1. The molecule has 2 aromatic rings. The molecule has 1 N–H and O–H groups in total. The zero-order valence-corrected chi connectivity index (χ0v) is 8.21. The number of halogens is 3. The third-order valence-electron chi connectivity index (χ3n) is 2.09. The van der Waals surface area contributed by atoms with E-state index in [-0.39, 0.29) is 17.1 Å². The van der Waals surface area contributed by atoms with E-state index in [0.717, 1.165) is 18.2 Å². The number of carboxylic acids is 1. The Hall–Kier alpha value is -2.24. The summed E-state index contributed by atoms with van der Waals surface area (Å²) in [5.74, 6) is -6.05. The van der Waals surface area contributed by atoms with Gasteiger partial charge in [0.1, 0.15) is 5.76 Å². The van der Waals surface area contributed by atoms with Crippen molar-refractivity contribution in [1.82, 2.24) is 0 Å². The third kappa shape index (κ3) is 2.01. The summed E-state index contributed by atoms with van der Waals surface area (Å²) in [7, 11) is 0. The van der Waals surface area contributed by atoms with Gasteiger partial charge < -0.3 is 9.52 Å². The summed E-state index contributed by atoms with van der Waals surface area (Å²) in [5.41, 5.74) is -0.0751. The lowest BCUT2D eigenvalue weighted by molar-refractivity contribution is 0.0663. The molecule has 6 heteroatoms. The van der Waals surface area contributed by atoms with Crippen molar-refractivity contribution in [2.45, 2.75) is 0 Å². The molecule has 1 aromatic heterocycles. The molecule has 0 atom stereocenters. The Morgan fingerprint density at radius 3 is 2.18 bits per heavy atom. The summed E-state index contributed by atoms with van der Waals surface area (Å²) >= 11 is 0. The summed E-state index contributed by atoms with van der Waals surface area (Å²) in [6.07, 6.45) is 0. The molecule has 3 nitrogen and oxygen atoms in total. The summed E-state index contributed by atoms with van der Waals surface area (Å²) < 4.78 is 43.3. The molecule has 0 aliphatic rings. The van der Waals surface area contributed by atoms with E-state index in [2.05, 4.69) is 0 Å². The van der Waals surface area contributed by atoms with E-state index < -0.39 is 23.4 Å². The second-order valence-electron chi connectivity index (χ2n) is 3.22. The van der Waals surface area contributed by atoms with E-state index in [4.69, 9.17) is 9.52 Å². The van der Waals surface area contributed by atoms with Crippen molar-refractivity contribution in [2.75, 3.05) is 0 Å². The van der Waals surface area contributed by atoms with E-state index in [1.165, 1.54) is 6.07 Å². The molecule has 0 saturated heterocycles. The normalized spacial score (nSPS) is 10.5. The van der Waals surface area contributed by atoms with Gasteiger partial charge in [0.2, 0.25) is 5.76 Å². The van der Waals surface area contributed by atoms with Crippen molar-refractivity contribution >= 4 is 5.97 Å². The van der Waals surface area contributed by atoms with Crippen LogP contribution < -0.4 is 0 Å². The van der Waals surface area contributed by atoms with Crippen LogP contribution in [0.25, 0.3) is 11.3 Å². The molecule has 0 saturated carbocycles. The molecule has 1 aromatic carbocycles. The average molecular weight is 242 g/mol. The Balaban J connectivity index is 2.49. The van der Waals surface area contributed by atoms with Crippen molar-refractivity contribution in [3.63, 3.8) is 0 Å². The number of hydrogen-bond donors (Lipinski definition) is 1. The predicted molar refractivity (Wildman–Crippen MR) is 51.0 cm³/mol. The van der Waals surface area contributed by atoms with Crippen LogP contribution in [0.3, 0.4) is 0 Å². The second kappa shape index (κ2) is 3.97. The van der Waals surface area contributed by atoms with E-state index in [1.807, 2.05) is 0 Å². The van der Waals surface area contributed by atoms with Gasteiger partial charge in [-0.25, -0.2) is 18.0 Å². The molecule has 0 aliphatic carbocycles. The maximum absolute atomic E-state index is 12.9. The first kappa shape index (κ1) is 11.3. The van der Waals surface area contributed by atoms with Gasteiger partial charge in [0.05, 0.1) is 0 Å². The van der Waals surface area contributed by atoms with Crippen LogP contribution in [0.5, 0.6) is 0 Å². The van der Waals surface area contributed by atoms with Gasteiger partial charge in [-0.15, -0.1) is 0 Å². The maximum Gasteiger partial charge on any atom is 0.371 e. The lowest BCUT2D eigenvalue weighted by Gasteiger charge is -1.99. The highest BCUT2D eigenvalue weighted by Crippen LogP contribution is 2.25. The Morgan fingerprint density at radius 1 is 1.12 bits per heavy atom. The molecule has 0 bridgehead atoms. The van der Waals surface area contributed by atoms with Crippen LogP contribution in [-0.2, 0) is 0 Å². The maximum atomic E-state index is 12.9. The van der Waals surface area contributed by atoms with E-state index in [0.29, 0.717) is 0 Å². The number of benzene rings is 1. The first-order valence-electron chi connectivity index (χ1n) is 4.47. The Kier molecular flexibility index (Phi) is 2.63. The lowest BCUT2D eigenvalue weighted by Crippen LogP contribution is -1.92. The van der Waals surface area contributed by atoms with Crippen LogP contribution in [0.15, 0.2) is 28.7 Å². The molecule has 0 fully saturated rings. The van der Waals surface area contributed by atoms with Crippen LogP contribution in [0.4, 0.5) is 13.2 Å². The van der Waals surface area contributed by atoms with E-state index >= 15 is 0 Å². The second-order valence-corrected chi connectivity index (χ2v) is 3.22. The summed E-state index contributed by atoms with van der Waals surface area (Å²) in [4.78, 5) is 10.5. The number of carboxylic acid groups (broad SMARTS) is 1. The van der Waals surface area contributed by atoms with E-state index in [1.54, 1.807) is 0 Å². The molecule has 1 heterocycles. The quantitative estimate of drug-likeness (QED) is 0.823. The molecule has 17 heavy (non-hydrogen) atoms. The number of rotatable bonds is 2. The van der Waals surface area contributed by atoms with Crippen LogP contribution >= 0.6 is 0 Å².